The van der Waals surface area contributed by atoms with Crippen molar-refractivity contribution in [3.63, 3.8) is 0 Å². The number of alkyl halides is 3. The highest BCUT2D eigenvalue weighted by Crippen LogP contribution is 2.29. The molecule has 0 aromatic carbocycles. The second-order valence-electron chi connectivity index (χ2n) is 4.46. The van der Waals surface area contributed by atoms with Crippen molar-refractivity contribution in [3.8, 4) is 0 Å². The van der Waals surface area contributed by atoms with Gasteiger partial charge in [0.05, 0.1) is 12.2 Å². The SMILES string of the molecule is CN(CCOC(F)(F)F)CC1(O)CCCC1. The maximum absolute atomic E-state index is 11.7. The minimum atomic E-state index is -4.56. The molecule has 1 fully saturated rings. The normalized spacial score (nSPS) is 20.6. The predicted molar refractivity (Wildman–Crippen MR) is 52.9 cm³/mol. The van der Waals surface area contributed by atoms with E-state index in [1.54, 1.807) is 11.9 Å². The average molecular weight is 241 g/mol. The van der Waals surface area contributed by atoms with Gasteiger partial charge in [0.15, 0.2) is 0 Å². The van der Waals surface area contributed by atoms with E-state index in [0.717, 1.165) is 25.7 Å². The molecule has 0 bridgehead atoms. The maximum Gasteiger partial charge on any atom is 0.522 e. The van der Waals surface area contributed by atoms with Gasteiger partial charge in [-0.25, -0.2) is 0 Å². The summed E-state index contributed by atoms with van der Waals surface area (Å²) in [6, 6.07) is 0. The van der Waals surface area contributed by atoms with Crippen molar-refractivity contribution in [3.05, 3.63) is 0 Å². The Bertz CT molecular complexity index is 215. The predicted octanol–water partition coefficient (Wildman–Crippen LogP) is 1.76. The lowest BCUT2D eigenvalue weighted by Crippen LogP contribution is -2.40. The molecule has 0 aromatic rings. The standard InChI is InChI=1S/C10H18F3NO2/c1-14(6-7-16-10(11,12)13)8-9(15)4-2-3-5-9/h15H,2-8H2,1H3. The summed E-state index contributed by atoms with van der Waals surface area (Å²) in [6.07, 6.45) is -1.12. The molecule has 0 amide bonds. The highest BCUT2D eigenvalue weighted by Gasteiger charge is 2.33. The van der Waals surface area contributed by atoms with Crippen LogP contribution >= 0.6 is 0 Å². The van der Waals surface area contributed by atoms with Gasteiger partial charge in [-0.1, -0.05) is 12.8 Å². The van der Waals surface area contributed by atoms with E-state index in [1.165, 1.54) is 0 Å². The molecule has 96 valence electrons. The summed E-state index contributed by atoms with van der Waals surface area (Å²) in [7, 11) is 1.69. The van der Waals surface area contributed by atoms with Crippen LogP contribution in [-0.2, 0) is 4.74 Å². The largest absolute Gasteiger partial charge is 0.522 e. The van der Waals surface area contributed by atoms with Gasteiger partial charge in [0.25, 0.3) is 0 Å². The van der Waals surface area contributed by atoms with Gasteiger partial charge in [-0.3, -0.25) is 4.74 Å². The lowest BCUT2D eigenvalue weighted by molar-refractivity contribution is -0.325. The molecule has 0 aliphatic heterocycles. The fourth-order valence-electron chi connectivity index (χ4n) is 2.09. The molecule has 1 aliphatic rings. The summed E-state index contributed by atoms with van der Waals surface area (Å²) in [6.45, 7) is 0.187. The Balaban J connectivity index is 2.18. The quantitative estimate of drug-likeness (QED) is 0.796. The van der Waals surface area contributed by atoms with Crippen LogP contribution in [0.4, 0.5) is 13.2 Å². The molecular formula is C10H18F3NO2. The second kappa shape index (κ2) is 5.33. The number of nitrogens with zero attached hydrogens (tertiary/aromatic N) is 1. The molecule has 1 N–H and O–H groups in total. The molecule has 0 unspecified atom stereocenters. The van der Waals surface area contributed by atoms with Gasteiger partial charge in [-0.15, -0.1) is 13.2 Å². The third-order valence-electron chi connectivity index (χ3n) is 2.84. The van der Waals surface area contributed by atoms with Crippen molar-refractivity contribution in [2.24, 2.45) is 0 Å². The molecule has 0 atom stereocenters. The Morgan fingerprint density at radius 1 is 1.31 bits per heavy atom. The molecule has 6 heteroatoms. The van der Waals surface area contributed by atoms with Crippen LogP contribution in [0.15, 0.2) is 0 Å². The minimum absolute atomic E-state index is 0.168. The van der Waals surface area contributed by atoms with E-state index in [9.17, 15) is 18.3 Å². The number of ether oxygens (including phenoxy) is 1. The van der Waals surface area contributed by atoms with Crippen molar-refractivity contribution >= 4 is 0 Å². The Kier molecular flexibility index (Phi) is 4.58. The molecular weight excluding hydrogens is 223 g/mol. The van der Waals surface area contributed by atoms with Crippen LogP contribution in [0.2, 0.25) is 0 Å². The Morgan fingerprint density at radius 2 is 1.88 bits per heavy atom. The van der Waals surface area contributed by atoms with Gasteiger partial charge in [-0.2, -0.15) is 0 Å². The smallest absolute Gasteiger partial charge is 0.389 e. The molecule has 0 heterocycles. The molecule has 0 radical (unpaired) electrons. The third-order valence-corrected chi connectivity index (χ3v) is 2.84. The summed E-state index contributed by atoms with van der Waals surface area (Å²) >= 11 is 0. The fourth-order valence-corrected chi connectivity index (χ4v) is 2.09. The van der Waals surface area contributed by atoms with E-state index in [-0.39, 0.29) is 6.54 Å². The molecule has 1 rings (SSSR count). The van der Waals surface area contributed by atoms with Gasteiger partial charge in [0.2, 0.25) is 0 Å². The fraction of sp³-hybridized carbons (Fsp3) is 1.00. The Morgan fingerprint density at radius 3 is 2.38 bits per heavy atom. The zero-order valence-corrected chi connectivity index (χ0v) is 9.39. The first kappa shape index (κ1) is 13.7. The van der Waals surface area contributed by atoms with E-state index in [0.29, 0.717) is 6.54 Å². The van der Waals surface area contributed by atoms with Crippen LogP contribution in [0.1, 0.15) is 25.7 Å². The van der Waals surface area contributed by atoms with Gasteiger partial charge < -0.3 is 10.0 Å². The first-order valence-corrected chi connectivity index (χ1v) is 5.42. The lowest BCUT2D eigenvalue weighted by atomic mass is 10.0. The van der Waals surface area contributed by atoms with Gasteiger partial charge in [0, 0.05) is 13.1 Å². The average Bonchev–Trinajstić information content (AvgIpc) is 2.49. The number of hydrogen-bond donors (Lipinski definition) is 1. The van der Waals surface area contributed by atoms with Crippen molar-refractivity contribution in [1.29, 1.82) is 0 Å². The highest BCUT2D eigenvalue weighted by atomic mass is 19.4. The lowest BCUT2D eigenvalue weighted by Gasteiger charge is -2.28. The van der Waals surface area contributed by atoms with Gasteiger partial charge in [-0.05, 0) is 19.9 Å². The maximum atomic E-state index is 11.7. The summed E-state index contributed by atoms with van der Waals surface area (Å²) in [5.74, 6) is 0. The summed E-state index contributed by atoms with van der Waals surface area (Å²) in [5.41, 5.74) is -0.715. The zero-order valence-electron chi connectivity index (χ0n) is 9.39. The van der Waals surface area contributed by atoms with Crippen LogP contribution in [0.25, 0.3) is 0 Å². The van der Waals surface area contributed by atoms with E-state index < -0.39 is 18.6 Å². The molecule has 1 aliphatic carbocycles. The summed E-state index contributed by atoms with van der Waals surface area (Å²) < 4.78 is 38.8. The first-order chi connectivity index (χ1) is 7.31. The number of aliphatic hydroxyl groups is 1. The van der Waals surface area contributed by atoms with Crippen molar-refractivity contribution in [2.45, 2.75) is 37.6 Å². The van der Waals surface area contributed by atoms with Crippen molar-refractivity contribution < 1.29 is 23.0 Å². The van der Waals surface area contributed by atoms with Crippen LogP contribution in [0.3, 0.4) is 0 Å². The number of rotatable bonds is 5. The van der Waals surface area contributed by atoms with E-state index in [2.05, 4.69) is 4.74 Å². The Hall–Kier alpha value is -0.330. The highest BCUT2D eigenvalue weighted by molar-refractivity contribution is 4.86. The summed E-state index contributed by atoms with van der Waals surface area (Å²) in [5, 5.41) is 10.0. The van der Waals surface area contributed by atoms with E-state index in [1.807, 2.05) is 0 Å². The van der Waals surface area contributed by atoms with Gasteiger partial charge in [0.1, 0.15) is 0 Å². The zero-order chi connectivity index (χ0) is 12.2. The second-order valence-corrected chi connectivity index (χ2v) is 4.46. The van der Waals surface area contributed by atoms with Crippen LogP contribution in [-0.4, -0.2) is 48.7 Å². The number of hydrogen-bond acceptors (Lipinski definition) is 3. The molecule has 0 aromatic heterocycles. The molecule has 0 saturated heterocycles. The molecule has 1 saturated carbocycles. The molecule has 3 nitrogen and oxygen atoms in total. The van der Waals surface area contributed by atoms with Gasteiger partial charge >= 0.3 is 6.36 Å². The topological polar surface area (TPSA) is 32.7 Å². The molecule has 0 spiro atoms. The Labute approximate surface area is 93.2 Å². The first-order valence-electron chi connectivity index (χ1n) is 5.42. The van der Waals surface area contributed by atoms with Crippen molar-refractivity contribution in [2.75, 3.05) is 26.7 Å². The van der Waals surface area contributed by atoms with Crippen LogP contribution < -0.4 is 0 Å². The molecule has 16 heavy (non-hydrogen) atoms. The number of likely N-dealkylation sites (N-methyl/N-ethyl adjacent to an activating group) is 1. The monoisotopic (exact) mass is 241 g/mol. The van der Waals surface area contributed by atoms with Crippen LogP contribution in [0.5, 0.6) is 0 Å². The minimum Gasteiger partial charge on any atom is -0.389 e. The van der Waals surface area contributed by atoms with Crippen molar-refractivity contribution in [1.82, 2.24) is 4.90 Å². The number of halogens is 3. The summed E-state index contributed by atoms with van der Waals surface area (Å²) in [4.78, 5) is 1.68. The van der Waals surface area contributed by atoms with E-state index in [4.69, 9.17) is 0 Å². The third kappa shape index (κ3) is 5.14. The van der Waals surface area contributed by atoms with E-state index >= 15 is 0 Å². The van der Waals surface area contributed by atoms with Crippen LogP contribution in [0, 0.1) is 0 Å².